The summed E-state index contributed by atoms with van der Waals surface area (Å²) < 4.78 is 58.4. The molecule has 0 aromatic heterocycles. The van der Waals surface area contributed by atoms with Crippen LogP contribution in [0.2, 0.25) is 0 Å². The molecule has 0 radical (unpaired) electrons. The number of benzene rings is 2. The summed E-state index contributed by atoms with van der Waals surface area (Å²) in [6.07, 6.45) is 0.575. The van der Waals surface area contributed by atoms with Crippen LogP contribution in [0, 0.1) is 28.9 Å². The molecule has 44 heavy (non-hydrogen) atoms. The van der Waals surface area contributed by atoms with E-state index in [9.17, 15) is 37.1 Å². The smallest absolute Gasteiger partial charge is 0.475 e. The van der Waals surface area contributed by atoms with E-state index in [4.69, 9.17) is 9.90 Å². The van der Waals surface area contributed by atoms with E-state index in [1.807, 2.05) is 12.1 Å². The lowest BCUT2D eigenvalue weighted by Gasteiger charge is -2.41. The second-order valence-corrected chi connectivity index (χ2v) is 11.3. The van der Waals surface area contributed by atoms with Crippen LogP contribution < -0.4 is 5.32 Å². The van der Waals surface area contributed by atoms with Crippen LogP contribution in [0.3, 0.4) is 0 Å². The number of β-amino-alcohol motifs (C(OH)–C–C–N with tert-alkyl or cyclic N) is 1. The van der Waals surface area contributed by atoms with Crippen LogP contribution in [0.4, 0.5) is 27.6 Å². The van der Waals surface area contributed by atoms with Crippen LogP contribution in [-0.2, 0) is 15.0 Å². The highest BCUT2D eigenvalue weighted by Crippen LogP contribution is 2.45. The molecule has 1 spiro atoms. The summed E-state index contributed by atoms with van der Waals surface area (Å²) in [7, 11) is 0. The predicted octanol–water partition coefficient (Wildman–Crippen LogP) is 4.54. The first kappa shape index (κ1) is 32.9. The number of hydrogen-bond donors (Lipinski definition) is 3. The van der Waals surface area contributed by atoms with E-state index in [1.165, 1.54) is 24.3 Å². The molecule has 0 saturated carbocycles. The molecule has 13 heteroatoms. The van der Waals surface area contributed by atoms with Gasteiger partial charge in [-0.2, -0.15) is 18.4 Å². The first-order valence-electron chi connectivity index (χ1n) is 14.2. The van der Waals surface area contributed by atoms with Gasteiger partial charge in [-0.3, -0.25) is 4.79 Å². The number of hydrogen-bond acceptors (Lipinski definition) is 6. The molecule has 0 aliphatic carbocycles. The number of carboxylic acid groups (broad SMARTS) is 1. The zero-order valence-corrected chi connectivity index (χ0v) is 23.8. The van der Waals surface area contributed by atoms with Crippen molar-refractivity contribution in [3.63, 3.8) is 0 Å². The Morgan fingerprint density at radius 3 is 2.27 bits per heavy atom. The van der Waals surface area contributed by atoms with Crippen molar-refractivity contribution in [1.29, 1.82) is 5.26 Å². The number of aliphatic hydroxyl groups is 1. The van der Waals surface area contributed by atoms with E-state index in [0.717, 1.165) is 68.2 Å². The summed E-state index contributed by atoms with van der Waals surface area (Å²) in [6, 6.07) is 11.4. The number of piperidine rings is 2. The minimum atomic E-state index is -5.08. The van der Waals surface area contributed by atoms with E-state index in [2.05, 4.69) is 22.4 Å². The third-order valence-corrected chi connectivity index (χ3v) is 8.53. The molecule has 3 heterocycles. The lowest BCUT2D eigenvalue weighted by Crippen LogP contribution is -2.48. The van der Waals surface area contributed by atoms with Gasteiger partial charge in [-0.05, 0) is 80.6 Å². The molecule has 2 fully saturated rings. The third-order valence-electron chi connectivity index (χ3n) is 8.53. The van der Waals surface area contributed by atoms with E-state index >= 15 is 0 Å². The van der Waals surface area contributed by atoms with Gasteiger partial charge in [0.15, 0.2) is 0 Å². The number of nitrogens with one attached hydrogen (secondary N) is 1. The van der Waals surface area contributed by atoms with Gasteiger partial charge in [0.2, 0.25) is 5.91 Å². The van der Waals surface area contributed by atoms with Crippen molar-refractivity contribution in [3.8, 4) is 6.07 Å². The summed E-state index contributed by atoms with van der Waals surface area (Å²) in [6.45, 7) is 4.31. The summed E-state index contributed by atoms with van der Waals surface area (Å²) in [5, 5.41) is 31.2. The van der Waals surface area contributed by atoms with Crippen molar-refractivity contribution < 1.29 is 41.8 Å². The fourth-order valence-electron chi connectivity index (χ4n) is 6.17. The molecule has 1 atom stereocenters. The van der Waals surface area contributed by atoms with Crippen LogP contribution in [0.25, 0.3) is 6.08 Å². The van der Waals surface area contributed by atoms with Gasteiger partial charge >= 0.3 is 12.1 Å². The van der Waals surface area contributed by atoms with Crippen LogP contribution in [0.5, 0.6) is 0 Å². The fourth-order valence-corrected chi connectivity index (χ4v) is 6.17. The molecular weight excluding hydrogens is 587 g/mol. The third kappa shape index (κ3) is 7.92. The lowest BCUT2D eigenvalue weighted by atomic mass is 9.72. The van der Waals surface area contributed by atoms with Crippen molar-refractivity contribution in [2.75, 3.05) is 44.6 Å². The number of fused-ring (bicyclic) bond motifs is 2. The highest BCUT2D eigenvalue weighted by molar-refractivity contribution is 5.91. The number of rotatable bonds is 5. The Hall–Kier alpha value is -4.02. The molecule has 2 aromatic rings. The molecule has 1 unspecified atom stereocenters. The number of halogens is 5. The highest BCUT2D eigenvalue weighted by Gasteiger charge is 2.43. The number of aliphatic carboxylic acids is 1. The Morgan fingerprint density at radius 2 is 1.70 bits per heavy atom. The Bertz CT molecular complexity index is 1400. The lowest BCUT2D eigenvalue weighted by molar-refractivity contribution is -0.192. The number of anilines is 1. The Balaban J connectivity index is 0.000000566. The predicted molar refractivity (Wildman–Crippen MR) is 151 cm³/mol. The molecule has 2 aromatic carbocycles. The summed E-state index contributed by atoms with van der Waals surface area (Å²) in [5.41, 5.74) is 3.29. The van der Waals surface area contributed by atoms with Crippen molar-refractivity contribution in [2.24, 2.45) is 5.92 Å². The molecule has 1 amide bonds. The van der Waals surface area contributed by atoms with Crippen LogP contribution in [-0.4, -0.2) is 83.4 Å². The zero-order chi connectivity index (χ0) is 32.1. The second-order valence-electron chi connectivity index (χ2n) is 11.3. The molecule has 3 aliphatic rings. The number of carbonyl (C=O) groups excluding carboxylic acids is 1. The van der Waals surface area contributed by atoms with Crippen LogP contribution >= 0.6 is 0 Å². The maximum Gasteiger partial charge on any atom is 0.490 e. The topological polar surface area (TPSA) is 117 Å². The maximum absolute atomic E-state index is 13.4. The van der Waals surface area contributed by atoms with E-state index < -0.39 is 29.9 Å². The Labute approximate surface area is 251 Å². The first-order valence-corrected chi connectivity index (χ1v) is 14.2. The minimum Gasteiger partial charge on any atom is -0.475 e. The van der Waals surface area contributed by atoms with E-state index in [-0.39, 0.29) is 17.2 Å². The molecule has 5 rings (SSSR count). The summed E-state index contributed by atoms with van der Waals surface area (Å²) in [5.74, 6) is -4.18. The molecular formula is C31H33F5N4O4. The molecule has 8 nitrogen and oxygen atoms in total. The average molecular weight is 621 g/mol. The molecule has 0 bridgehead atoms. The van der Waals surface area contributed by atoms with Gasteiger partial charge in [0.25, 0.3) is 0 Å². The van der Waals surface area contributed by atoms with Crippen LogP contribution in [0.1, 0.15) is 42.4 Å². The van der Waals surface area contributed by atoms with Crippen LogP contribution in [0.15, 0.2) is 42.5 Å². The van der Waals surface area contributed by atoms with Gasteiger partial charge in [0.1, 0.15) is 11.6 Å². The first-order chi connectivity index (χ1) is 20.8. The van der Waals surface area contributed by atoms with Crippen molar-refractivity contribution in [3.05, 3.63) is 70.8 Å². The molecule has 3 aliphatic heterocycles. The van der Waals surface area contributed by atoms with Gasteiger partial charge in [-0.15, -0.1) is 0 Å². The maximum atomic E-state index is 13.4. The van der Waals surface area contributed by atoms with E-state index in [1.54, 1.807) is 4.90 Å². The zero-order valence-electron chi connectivity index (χ0n) is 23.8. The van der Waals surface area contributed by atoms with Gasteiger partial charge in [-0.25, -0.2) is 13.6 Å². The quantitative estimate of drug-likeness (QED) is 0.332. The normalized spacial score (nSPS) is 19.1. The van der Waals surface area contributed by atoms with Gasteiger partial charge < -0.3 is 25.3 Å². The highest BCUT2D eigenvalue weighted by atomic mass is 19.4. The van der Waals surface area contributed by atoms with E-state index in [0.29, 0.717) is 25.2 Å². The van der Waals surface area contributed by atoms with Crippen molar-refractivity contribution >= 4 is 23.6 Å². The number of nitrogens with zero attached hydrogens (tertiary/aromatic N) is 3. The number of amides is 1. The number of aliphatic hydroxyl groups excluding tert-OH is 1. The second kappa shape index (κ2) is 13.7. The Kier molecular flexibility index (Phi) is 10.3. The Morgan fingerprint density at radius 1 is 1.09 bits per heavy atom. The summed E-state index contributed by atoms with van der Waals surface area (Å²) in [4.78, 5) is 25.5. The number of carbonyl (C=O) groups is 2. The van der Waals surface area contributed by atoms with Gasteiger partial charge in [0, 0.05) is 55.0 Å². The van der Waals surface area contributed by atoms with Crippen molar-refractivity contribution in [1.82, 2.24) is 9.80 Å². The average Bonchev–Trinajstić information content (AvgIpc) is 3.34. The summed E-state index contributed by atoms with van der Waals surface area (Å²) >= 11 is 0. The number of nitriles is 1. The van der Waals surface area contributed by atoms with Gasteiger partial charge in [0.05, 0.1) is 17.7 Å². The standard InChI is InChI=1S/C29H32F2N4O2.C2HF3O2/c30-23-14-20(15-24(31)16-23)4-5-27(37)35-10-6-21(7-11-35)26(36)18-34-12-8-29(9-13-34)19-33-25-3-1-2-22(17-32)28(25)29;3-2(4,5)1(6)7/h1-5,14-16,21,26,33,36H,6-13,18-19H2;(H,6,7). The number of likely N-dealkylation sites (tertiary alicyclic amines) is 2. The monoisotopic (exact) mass is 620 g/mol. The minimum absolute atomic E-state index is 0.0143. The molecule has 2 saturated heterocycles. The fraction of sp³-hybridized carbons (Fsp3) is 0.452. The van der Waals surface area contributed by atoms with Gasteiger partial charge in [-0.1, -0.05) is 6.07 Å². The number of alkyl halides is 3. The SMILES string of the molecule is N#Cc1cccc2c1C1(CCN(CC(O)C3CCN(C(=O)C=Cc4cc(F)cc(F)c4)CC3)CC1)CN2.O=C(O)C(F)(F)F. The largest absolute Gasteiger partial charge is 0.490 e. The van der Waals surface area contributed by atoms with Crippen molar-refractivity contribution in [2.45, 2.75) is 43.4 Å². The number of carboxylic acids is 1. The molecule has 236 valence electrons. The molecule has 3 N–H and O–H groups in total.